The standard InChI is InChI=1S/C15H25N3O2/c1-3-9-18-11-12(10-16-18)14(15(19)20-4-2)17-13-7-5-6-8-13/h10-11,13-14,17H,3-9H2,1-2H3. The van der Waals surface area contributed by atoms with Gasteiger partial charge in [0.05, 0.1) is 12.8 Å². The zero-order valence-corrected chi connectivity index (χ0v) is 12.5. The number of aromatic nitrogens is 2. The minimum absolute atomic E-state index is 0.199. The first-order chi connectivity index (χ1) is 9.74. The van der Waals surface area contributed by atoms with Gasteiger partial charge in [0, 0.05) is 24.3 Å². The van der Waals surface area contributed by atoms with Crippen molar-refractivity contribution in [2.45, 2.75) is 64.6 Å². The number of nitrogens with zero attached hydrogens (tertiary/aromatic N) is 2. The predicted molar refractivity (Wildman–Crippen MR) is 77.3 cm³/mol. The molecule has 0 radical (unpaired) electrons. The number of hydrogen-bond donors (Lipinski definition) is 1. The van der Waals surface area contributed by atoms with Gasteiger partial charge in [-0.05, 0) is 26.2 Å². The molecule has 20 heavy (non-hydrogen) atoms. The van der Waals surface area contributed by atoms with Crippen LogP contribution in [0.2, 0.25) is 0 Å². The van der Waals surface area contributed by atoms with Crippen LogP contribution in [0.25, 0.3) is 0 Å². The third-order valence-corrected chi connectivity index (χ3v) is 3.72. The highest BCUT2D eigenvalue weighted by atomic mass is 16.5. The fourth-order valence-corrected chi connectivity index (χ4v) is 2.73. The number of ether oxygens (including phenoxy) is 1. The van der Waals surface area contributed by atoms with Crippen LogP contribution in [0.4, 0.5) is 0 Å². The molecule has 1 atom stereocenters. The number of carbonyl (C=O) groups excluding carboxylic acids is 1. The van der Waals surface area contributed by atoms with Crippen LogP contribution < -0.4 is 5.32 Å². The number of hydrogen-bond acceptors (Lipinski definition) is 4. The summed E-state index contributed by atoms with van der Waals surface area (Å²) in [5.74, 6) is -0.199. The highest BCUT2D eigenvalue weighted by Crippen LogP contribution is 2.23. The quantitative estimate of drug-likeness (QED) is 0.779. The van der Waals surface area contributed by atoms with E-state index in [2.05, 4.69) is 17.3 Å². The lowest BCUT2D eigenvalue weighted by molar-refractivity contribution is -0.146. The summed E-state index contributed by atoms with van der Waals surface area (Å²) in [6, 6.07) is 0.0302. The van der Waals surface area contributed by atoms with Crippen molar-refractivity contribution in [1.29, 1.82) is 0 Å². The van der Waals surface area contributed by atoms with E-state index < -0.39 is 0 Å². The molecule has 5 heteroatoms. The van der Waals surface area contributed by atoms with E-state index in [1.54, 1.807) is 6.20 Å². The van der Waals surface area contributed by atoms with E-state index in [1.165, 1.54) is 12.8 Å². The molecule has 0 amide bonds. The molecule has 0 bridgehead atoms. The third-order valence-electron chi connectivity index (χ3n) is 3.72. The first-order valence-electron chi connectivity index (χ1n) is 7.69. The molecule has 1 N–H and O–H groups in total. The number of esters is 1. The lowest BCUT2D eigenvalue weighted by atomic mass is 10.1. The Morgan fingerprint density at radius 2 is 2.25 bits per heavy atom. The van der Waals surface area contributed by atoms with Gasteiger partial charge in [-0.25, -0.2) is 4.79 Å². The van der Waals surface area contributed by atoms with Gasteiger partial charge in [-0.2, -0.15) is 5.10 Å². The maximum atomic E-state index is 12.2. The fourth-order valence-electron chi connectivity index (χ4n) is 2.73. The van der Waals surface area contributed by atoms with E-state index in [0.717, 1.165) is 31.4 Å². The Bertz CT molecular complexity index is 425. The predicted octanol–water partition coefficient (Wildman–Crippen LogP) is 2.43. The molecule has 1 saturated carbocycles. The number of rotatable bonds is 7. The van der Waals surface area contributed by atoms with Crippen LogP contribution in [-0.2, 0) is 16.1 Å². The van der Waals surface area contributed by atoms with E-state index in [9.17, 15) is 4.79 Å². The molecule has 1 aromatic rings. The molecule has 0 spiro atoms. The Morgan fingerprint density at radius 1 is 1.50 bits per heavy atom. The second-order valence-electron chi connectivity index (χ2n) is 5.37. The number of nitrogens with one attached hydrogen (secondary N) is 1. The van der Waals surface area contributed by atoms with Crippen LogP contribution in [0.3, 0.4) is 0 Å². The SMILES string of the molecule is CCCn1cc(C(NC2CCCC2)C(=O)OCC)cn1. The summed E-state index contributed by atoms with van der Waals surface area (Å²) in [7, 11) is 0. The Morgan fingerprint density at radius 3 is 2.90 bits per heavy atom. The average Bonchev–Trinajstić information content (AvgIpc) is 3.07. The summed E-state index contributed by atoms with van der Waals surface area (Å²) >= 11 is 0. The molecule has 1 aliphatic rings. The zero-order chi connectivity index (χ0) is 14.4. The molecule has 1 heterocycles. The average molecular weight is 279 g/mol. The normalized spacial score (nSPS) is 17.3. The molecular formula is C15H25N3O2. The Balaban J connectivity index is 2.08. The van der Waals surface area contributed by atoms with Gasteiger partial charge in [0.1, 0.15) is 6.04 Å². The van der Waals surface area contributed by atoms with Gasteiger partial charge < -0.3 is 4.74 Å². The van der Waals surface area contributed by atoms with Crippen molar-refractivity contribution in [3.63, 3.8) is 0 Å². The summed E-state index contributed by atoms with van der Waals surface area (Å²) in [6.45, 7) is 5.23. The van der Waals surface area contributed by atoms with Gasteiger partial charge in [-0.3, -0.25) is 10.00 Å². The largest absolute Gasteiger partial charge is 0.465 e. The second kappa shape index (κ2) is 7.43. The first kappa shape index (κ1) is 15.0. The van der Waals surface area contributed by atoms with Crippen molar-refractivity contribution in [3.8, 4) is 0 Å². The van der Waals surface area contributed by atoms with Crippen LogP contribution >= 0.6 is 0 Å². The summed E-state index contributed by atoms with van der Waals surface area (Å²) < 4.78 is 7.09. The molecule has 1 fully saturated rings. The van der Waals surface area contributed by atoms with Crippen LogP contribution in [0.5, 0.6) is 0 Å². The Kier molecular flexibility index (Phi) is 5.59. The fraction of sp³-hybridized carbons (Fsp3) is 0.733. The van der Waals surface area contributed by atoms with Gasteiger partial charge >= 0.3 is 5.97 Å². The molecule has 5 nitrogen and oxygen atoms in total. The maximum absolute atomic E-state index is 12.2. The molecule has 1 aliphatic carbocycles. The van der Waals surface area contributed by atoms with Crippen molar-refractivity contribution >= 4 is 5.97 Å². The number of carbonyl (C=O) groups is 1. The minimum Gasteiger partial charge on any atom is -0.465 e. The van der Waals surface area contributed by atoms with E-state index in [4.69, 9.17) is 4.74 Å². The van der Waals surface area contributed by atoms with E-state index in [1.807, 2.05) is 17.8 Å². The lowest BCUT2D eigenvalue weighted by Crippen LogP contribution is -2.36. The lowest BCUT2D eigenvalue weighted by Gasteiger charge is -2.20. The third kappa shape index (κ3) is 3.82. The zero-order valence-electron chi connectivity index (χ0n) is 12.5. The monoisotopic (exact) mass is 279 g/mol. The van der Waals surface area contributed by atoms with Crippen molar-refractivity contribution in [1.82, 2.24) is 15.1 Å². The summed E-state index contributed by atoms with van der Waals surface area (Å²) in [6.07, 6.45) is 9.51. The van der Waals surface area contributed by atoms with Crippen molar-refractivity contribution in [3.05, 3.63) is 18.0 Å². The van der Waals surface area contributed by atoms with Crippen molar-refractivity contribution in [2.24, 2.45) is 0 Å². The molecule has 0 saturated heterocycles. The summed E-state index contributed by atoms with van der Waals surface area (Å²) in [5.41, 5.74) is 0.906. The molecule has 112 valence electrons. The Labute approximate surface area is 120 Å². The van der Waals surface area contributed by atoms with Crippen LogP contribution in [0, 0.1) is 0 Å². The molecule has 2 rings (SSSR count). The molecular weight excluding hydrogens is 254 g/mol. The molecule has 1 aromatic heterocycles. The van der Waals surface area contributed by atoms with Crippen LogP contribution in [-0.4, -0.2) is 28.4 Å². The molecule has 0 aliphatic heterocycles. The molecule has 0 aromatic carbocycles. The van der Waals surface area contributed by atoms with Gasteiger partial charge in [-0.15, -0.1) is 0 Å². The van der Waals surface area contributed by atoms with Crippen LogP contribution in [0.15, 0.2) is 12.4 Å². The number of aryl methyl sites for hydroxylation is 1. The minimum atomic E-state index is -0.386. The summed E-state index contributed by atoms with van der Waals surface area (Å²) in [5, 5.41) is 7.76. The highest BCUT2D eigenvalue weighted by Gasteiger charge is 2.27. The smallest absolute Gasteiger partial charge is 0.327 e. The molecule has 1 unspecified atom stereocenters. The van der Waals surface area contributed by atoms with Crippen LogP contribution in [0.1, 0.15) is 57.6 Å². The highest BCUT2D eigenvalue weighted by molar-refractivity contribution is 5.77. The van der Waals surface area contributed by atoms with Crippen molar-refractivity contribution < 1.29 is 9.53 Å². The van der Waals surface area contributed by atoms with Gasteiger partial charge in [-0.1, -0.05) is 19.8 Å². The van der Waals surface area contributed by atoms with E-state index in [0.29, 0.717) is 12.6 Å². The van der Waals surface area contributed by atoms with E-state index >= 15 is 0 Å². The van der Waals surface area contributed by atoms with Gasteiger partial charge in [0.2, 0.25) is 0 Å². The summed E-state index contributed by atoms with van der Waals surface area (Å²) in [4.78, 5) is 12.2. The van der Waals surface area contributed by atoms with Gasteiger partial charge in [0.15, 0.2) is 0 Å². The second-order valence-corrected chi connectivity index (χ2v) is 5.37. The topological polar surface area (TPSA) is 56.2 Å². The van der Waals surface area contributed by atoms with Gasteiger partial charge in [0.25, 0.3) is 0 Å². The van der Waals surface area contributed by atoms with E-state index in [-0.39, 0.29) is 12.0 Å². The maximum Gasteiger partial charge on any atom is 0.327 e. The Hall–Kier alpha value is -1.36. The first-order valence-corrected chi connectivity index (χ1v) is 7.69. The van der Waals surface area contributed by atoms with Crippen molar-refractivity contribution in [2.75, 3.05) is 6.61 Å².